The van der Waals surface area contributed by atoms with Crippen LogP contribution in [0.4, 0.5) is 0 Å². The van der Waals surface area contributed by atoms with Crippen LogP contribution >= 0.6 is 0 Å². The van der Waals surface area contributed by atoms with E-state index in [-0.39, 0.29) is 24.0 Å². The molecule has 0 bridgehead atoms. The highest BCUT2D eigenvalue weighted by atomic mass is 16.5. The number of amides is 1. The smallest absolute Gasteiger partial charge is 0.328 e. The van der Waals surface area contributed by atoms with Crippen molar-refractivity contribution in [2.24, 2.45) is 0 Å². The van der Waals surface area contributed by atoms with Crippen molar-refractivity contribution in [3.63, 3.8) is 0 Å². The highest BCUT2D eigenvalue weighted by Gasteiger charge is 2.41. The van der Waals surface area contributed by atoms with Crippen molar-refractivity contribution in [3.8, 4) is 0 Å². The molecule has 2 saturated heterocycles. The molecule has 0 N–H and O–H groups in total. The largest absolute Gasteiger partial charge is 0.467 e. The lowest BCUT2D eigenvalue weighted by atomic mass is 10.0. The first-order chi connectivity index (χ1) is 8.67. The van der Waals surface area contributed by atoms with E-state index in [1.165, 1.54) is 7.11 Å². The predicted molar refractivity (Wildman–Crippen MR) is 67.0 cm³/mol. The first kappa shape index (κ1) is 13.3. The molecule has 1 unspecified atom stereocenters. The second-order valence-electron chi connectivity index (χ2n) is 5.04. The molecule has 18 heavy (non-hydrogen) atoms. The predicted octanol–water partition coefficient (Wildman–Crippen LogP) is 0.635. The lowest BCUT2D eigenvalue weighted by Crippen LogP contribution is -2.50. The van der Waals surface area contributed by atoms with Crippen molar-refractivity contribution in [2.75, 3.05) is 26.7 Å². The van der Waals surface area contributed by atoms with Gasteiger partial charge in [0, 0.05) is 25.6 Å². The number of rotatable bonds is 3. The fourth-order valence-corrected chi connectivity index (χ4v) is 3.04. The van der Waals surface area contributed by atoms with E-state index in [0.717, 1.165) is 32.5 Å². The normalized spacial score (nSPS) is 26.7. The van der Waals surface area contributed by atoms with Crippen LogP contribution in [0.5, 0.6) is 0 Å². The summed E-state index contributed by atoms with van der Waals surface area (Å²) in [5.74, 6) is -0.154. The molecule has 2 rings (SSSR count). The van der Waals surface area contributed by atoms with E-state index in [0.29, 0.717) is 12.8 Å². The van der Waals surface area contributed by atoms with Gasteiger partial charge in [0.25, 0.3) is 0 Å². The number of carbonyl (C=O) groups excluding carboxylic acids is 2. The molecule has 0 spiro atoms. The third-order valence-electron chi connectivity index (χ3n) is 4.13. The standard InChI is InChI=1S/C13H22N2O3/c1-3-14-8-6-10(7-9-14)15-11(13(17)18-2)4-5-12(15)16/h10-11H,3-9H2,1-2H3. The van der Waals surface area contributed by atoms with Crippen molar-refractivity contribution in [2.45, 2.75) is 44.7 Å². The maximum atomic E-state index is 12.0. The summed E-state index contributed by atoms with van der Waals surface area (Å²) < 4.78 is 4.80. The lowest BCUT2D eigenvalue weighted by molar-refractivity contribution is -0.151. The van der Waals surface area contributed by atoms with E-state index >= 15 is 0 Å². The van der Waals surface area contributed by atoms with Crippen LogP contribution in [-0.2, 0) is 14.3 Å². The fraction of sp³-hybridized carbons (Fsp3) is 0.846. The maximum absolute atomic E-state index is 12.0. The molecule has 102 valence electrons. The Hall–Kier alpha value is -1.10. The minimum Gasteiger partial charge on any atom is -0.467 e. The van der Waals surface area contributed by atoms with E-state index in [1.54, 1.807) is 4.90 Å². The molecule has 0 aromatic rings. The maximum Gasteiger partial charge on any atom is 0.328 e. The van der Waals surface area contributed by atoms with Gasteiger partial charge < -0.3 is 14.5 Å². The number of ether oxygens (including phenoxy) is 1. The third-order valence-corrected chi connectivity index (χ3v) is 4.13. The van der Waals surface area contributed by atoms with Crippen LogP contribution in [-0.4, -0.2) is 60.5 Å². The van der Waals surface area contributed by atoms with Gasteiger partial charge in [-0.25, -0.2) is 4.79 Å². The van der Waals surface area contributed by atoms with Crippen LogP contribution in [0, 0.1) is 0 Å². The summed E-state index contributed by atoms with van der Waals surface area (Å²) in [6, 6.07) is -0.132. The number of hydrogen-bond acceptors (Lipinski definition) is 4. The van der Waals surface area contributed by atoms with Gasteiger partial charge in [0.15, 0.2) is 0 Å². The van der Waals surface area contributed by atoms with Crippen LogP contribution in [0.1, 0.15) is 32.6 Å². The quantitative estimate of drug-likeness (QED) is 0.693. The molecule has 0 aromatic heterocycles. The number of likely N-dealkylation sites (tertiary alicyclic amines) is 2. The van der Waals surface area contributed by atoms with Crippen LogP contribution in [0.15, 0.2) is 0 Å². The molecule has 0 aliphatic carbocycles. The summed E-state index contributed by atoms with van der Waals surface area (Å²) in [5, 5.41) is 0. The van der Waals surface area contributed by atoms with Gasteiger partial charge in [0.05, 0.1) is 7.11 Å². The number of methoxy groups -OCH3 is 1. The van der Waals surface area contributed by atoms with E-state index < -0.39 is 0 Å². The highest BCUT2D eigenvalue weighted by Crippen LogP contribution is 2.27. The molecule has 5 nitrogen and oxygen atoms in total. The number of esters is 1. The van der Waals surface area contributed by atoms with Crippen molar-refractivity contribution in [3.05, 3.63) is 0 Å². The van der Waals surface area contributed by atoms with Gasteiger partial charge >= 0.3 is 5.97 Å². The van der Waals surface area contributed by atoms with Crippen molar-refractivity contribution < 1.29 is 14.3 Å². The van der Waals surface area contributed by atoms with Gasteiger partial charge in [-0.2, -0.15) is 0 Å². The molecular weight excluding hydrogens is 232 g/mol. The van der Waals surface area contributed by atoms with E-state index in [1.807, 2.05) is 0 Å². The second kappa shape index (κ2) is 5.69. The molecule has 0 radical (unpaired) electrons. The lowest BCUT2D eigenvalue weighted by Gasteiger charge is -2.38. The fourth-order valence-electron chi connectivity index (χ4n) is 3.04. The number of hydrogen-bond donors (Lipinski definition) is 0. The topological polar surface area (TPSA) is 49.9 Å². The third kappa shape index (κ3) is 2.51. The summed E-state index contributed by atoms with van der Waals surface area (Å²) >= 11 is 0. The molecule has 5 heteroatoms. The zero-order valence-corrected chi connectivity index (χ0v) is 11.2. The number of nitrogens with zero attached hydrogens (tertiary/aromatic N) is 2. The molecule has 1 atom stereocenters. The van der Waals surface area contributed by atoms with Gasteiger partial charge in [-0.1, -0.05) is 6.92 Å². The Labute approximate surface area is 108 Å². The Kier molecular flexibility index (Phi) is 4.22. The van der Waals surface area contributed by atoms with Crippen LogP contribution < -0.4 is 0 Å². The molecule has 0 saturated carbocycles. The Morgan fingerprint density at radius 2 is 2.00 bits per heavy atom. The van der Waals surface area contributed by atoms with Crippen LogP contribution in [0.3, 0.4) is 0 Å². The molecule has 2 fully saturated rings. The van der Waals surface area contributed by atoms with Gasteiger partial charge in [0.1, 0.15) is 6.04 Å². The SMILES string of the molecule is CCN1CCC(N2C(=O)CCC2C(=O)OC)CC1. The first-order valence-electron chi connectivity index (χ1n) is 6.78. The Balaban J connectivity index is 2.01. The molecule has 2 heterocycles. The van der Waals surface area contributed by atoms with Gasteiger partial charge in [0.2, 0.25) is 5.91 Å². The van der Waals surface area contributed by atoms with Crippen molar-refractivity contribution in [1.29, 1.82) is 0 Å². The molecule has 1 amide bonds. The minimum atomic E-state index is -0.347. The minimum absolute atomic E-state index is 0.111. The van der Waals surface area contributed by atoms with Crippen LogP contribution in [0.25, 0.3) is 0 Å². The van der Waals surface area contributed by atoms with E-state index in [4.69, 9.17) is 4.74 Å². The molecule has 0 aromatic carbocycles. The zero-order valence-electron chi connectivity index (χ0n) is 11.2. The molecule has 2 aliphatic heterocycles. The van der Waals surface area contributed by atoms with Gasteiger partial charge in [-0.05, 0) is 25.8 Å². The summed E-state index contributed by atoms with van der Waals surface area (Å²) in [4.78, 5) is 27.8. The summed E-state index contributed by atoms with van der Waals surface area (Å²) in [5.41, 5.74) is 0. The number of carbonyl (C=O) groups is 2. The summed E-state index contributed by atoms with van der Waals surface area (Å²) in [6.07, 6.45) is 3.02. The van der Waals surface area contributed by atoms with Crippen molar-refractivity contribution in [1.82, 2.24) is 9.80 Å². The van der Waals surface area contributed by atoms with E-state index in [2.05, 4.69) is 11.8 Å². The summed E-state index contributed by atoms with van der Waals surface area (Å²) in [6.45, 7) is 5.23. The first-order valence-corrected chi connectivity index (χ1v) is 6.78. The highest BCUT2D eigenvalue weighted by molar-refractivity contribution is 5.88. The Morgan fingerprint density at radius 3 is 2.56 bits per heavy atom. The Morgan fingerprint density at radius 1 is 1.33 bits per heavy atom. The van der Waals surface area contributed by atoms with Crippen molar-refractivity contribution >= 4 is 11.9 Å². The van der Waals surface area contributed by atoms with E-state index in [9.17, 15) is 9.59 Å². The number of piperidine rings is 1. The molecule has 2 aliphatic rings. The second-order valence-corrected chi connectivity index (χ2v) is 5.04. The monoisotopic (exact) mass is 254 g/mol. The van der Waals surface area contributed by atoms with Gasteiger partial charge in [-0.3, -0.25) is 4.79 Å². The summed E-state index contributed by atoms with van der Waals surface area (Å²) in [7, 11) is 1.39. The molecular formula is C13H22N2O3. The average molecular weight is 254 g/mol. The van der Waals surface area contributed by atoms with Gasteiger partial charge in [-0.15, -0.1) is 0 Å². The Bertz CT molecular complexity index is 324. The van der Waals surface area contributed by atoms with Crippen LogP contribution in [0.2, 0.25) is 0 Å². The average Bonchev–Trinajstić information content (AvgIpc) is 2.80. The zero-order chi connectivity index (χ0) is 13.1.